The van der Waals surface area contributed by atoms with Gasteiger partial charge in [-0.1, -0.05) is 18.2 Å². The van der Waals surface area contributed by atoms with E-state index in [1.165, 1.54) is 6.07 Å². The molecule has 2 rings (SSSR count). The number of para-hydroxylation sites is 1. The van der Waals surface area contributed by atoms with Gasteiger partial charge in [-0.15, -0.1) is 11.3 Å². The smallest absolute Gasteiger partial charge is 0.348 e. The van der Waals surface area contributed by atoms with Crippen LogP contribution in [0.25, 0.3) is 0 Å². The molecule has 0 aliphatic carbocycles. The van der Waals surface area contributed by atoms with E-state index in [1.807, 2.05) is 6.07 Å². The minimum absolute atomic E-state index is 0.0234. The molecule has 0 aliphatic heterocycles. The molecule has 0 unspecified atom stereocenters. The van der Waals surface area contributed by atoms with Gasteiger partial charge < -0.3 is 10.5 Å². The van der Waals surface area contributed by atoms with Gasteiger partial charge in [0.05, 0.1) is 17.1 Å². The molecule has 0 atom stereocenters. The van der Waals surface area contributed by atoms with Crippen molar-refractivity contribution in [3.05, 3.63) is 55.9 Å². The predicted molar refractivity (Wildman–Crippen MR) is 97.7 cm³/mol. The van der Waals surface area contributed by atoms with E-state index in [-0.39, 0.29) is 40.8 Å². The molecule has 1 aromatic heterocycles. The molecule has 0 spiro atoms. The SMILES string of the molecule is CCOC(=O)c1sc(N)c(C#N)c1CN(C)Cc1ccccc1[N+](=O)[O-]. The van der Waals surface area contributed by atoms with E-state index in [0.717, 1.165) is 11.3 Å². The number of esters is 1. The monoisotopic (exact) mass is 374 g/mol. The molecule has 8 nitrogen and oxygen atoms in total. The average molecular weight is 374 g/mol. The van der Waals surface area contributed by atoms with Gasteiger partial charge in [-0.3, -0.25) is 15.0 Å². The number of ether oxygens (including phenoxy) is 1. The first kappa shape index (κ1) is 19.4. The van der Waals surface area contributed by atoms with Crippen LogP contribution in [-0.4, -0.2) is 29.4 Å². The van der Waals surface area contributed by atoms with Crippen molar-refractivity contribution in [2.45, 2.75) is 20.0 Å². The van der Waals surface area contributed by atoms with Gasteiger partial charge in [-0.25, -0.2) is 4.79 Å². The lowest BCUT2D eigenvalue weighted by atomic mass is 10.1. The van der Waals surface area contributed by atoms with Crippen LogP contribution in [0.3, 0.4) is 0 Å². The summed E-state index contributed by atoms with van der Waals surface area (Å²) in [5, 5.41) is 20.8. The van der Waals surface area contributed by atoms with Gasteiger partial charge >= 0.3 is 5.97 Å². The maximum absolute atomic E-state index is 12.1. The Balaban J connectivity index is 2.29. The summed E-state index contributed by atoms with van der Waals surface area (Å²) in [6.45, 7) is 2.42. The molecule has 2 N–H and O–H groups in total. The van der Waals surface area contributed by atoms with Crippen molar-refractivity contribution >= 4 is 28.0 Å². The normalized spacial score (nSPS) is 10.5. The predicted octanol–water partition coefficient (Wildman–Crippen LogP) is 2.92. The number of nitrogen functional groups attached to an aromatic ring is 1. The van der Waals surface area contributed by atoms with Crippen molar-refractivity contribution in [1.82, 2.24) is 4.90 Å². The van der Waals surface area contributed by atoms with Crippen LogP contribution in [0.15, 0.2) is 24.3 Å². The van der Waals surface area contributed by atoms with E-state index >= 15 is 0 Å². The number of nitrogens with two attached hydrogens (primary N) is 1. The molecule has 0 fully saturated rings. The standard InChI is InChI=1S/C17H18N4O4S/c1-3-25-17(22)15-13(12(8-18)16(19)26-15)10-20(2)9-11-6-4-5-7-14(11)21(23)24/h4-7H,3,9-10,19H2,1-2H3. The van der Waals surface area contributed by atoms with Crippen LogP contribution in [0.2, 0.25) is 0 Å². The summed E-state index contributed by atoms with van der Waals surface area (Å²) < 4.78 is 5.03. The molecular formula is C17H18N4O4S. The number of carbonyl (C=O) groups is 1. The topological polar surface area (TPSA) is 122 Å². The molecule has 0 amide bonds. The van der Waals surface area contributed by atoms with E-state index < -0.39 is 10.9 Å². The lowest BCUT2D eigenvalue weighted by molar-refractivity contribution is -0.385. The lowest BCUT2D eigenvalue weighted by Crippen LogP contribution is -2.20. The Morgan fingerprint density at radius 3 is 2.73 bits per heavy atom. The van der Waals surface area contributed by atoms with Crippen LogP contribution in [-0.2, 0) is 17.8 Å². The maximum atomic E-state index is 12.1. The fraction of sp³-hybridized carbons (Fsp3) is 0.294. The van der Waals surface area contributed by atoms with Crippen LogP contribution < -0.4 is 5.73 Å². The Morgan fingerprint density at radius 1 is 1.42 bits per heavy atom. The van der Waals surface area contributed by atoms with Crippen LogP contribution in [0.5, 0.6) is 0 Å². The molecule has 1 aromatic carbocycles. The largest absolute Gasteiger partial charge is 0.462 e. The number of hydrogen-bond acceptors (Lipinski definition) is 8. The molecule has 0 bridgehead atoms. The van der Waals surface area contributed by atoms with Gasteiger partial charge in [0, 0.05) is 30.3 Å². The molecule has 0 radical (unpaired) electrons. The van der Waals surface area contributed by atoms with Crippen LogP contribution >= 0.6 is 11.3 Å². The highest BCUT2D eigenvalue weighted by Crippen LogP contribution is 2.32. The summed E-state index contributed by atoms with van der Waals surface area (Å²) in [4.78, 5) is 24.9. The van der Waals surface area contributed by atoms with Crippen LogP contribution in [0.4, 0.5) is 10.7 Å². The van der Waals surface area contributed by atoms with Crippen LogP contribution in [0, 0.1) is 21.4 Å². The molecule has 0 saturated heterocycles. The highest BCUT2D eigenvalue weighted by Gasteiger charge is 2.24. The first-order valence-corrected chi connectivity index (χ1v) is 8.59. The summed E-state index contributed by atoms with van der Waals surface area (Å²) in [5.41, 5.74) is 7.15. The third kappa shape index (κ3) is 4.17. The zero-order valence-corrected chi connectivity index (χ0v) is 15.2. The van der Waals surface area contributed by atoms with Crippen molar-refractivity contribution in [3.63, 3.8) is 0 Å². The first-order valence-electron chi connectivity index (χ1n) is 7.78. The third-order valence-corrected chi connectivity index (χ3v) is 4.70. The van der Waals surface area contributed by atoms with E-state index in [2.05, 4.69) is 0 Å². The number of benzene rings is 1. The Bertz CT molecular complexity index is 872. The van der Waals surface area contributed by atoms with Crippen molar-refractivity contribution in [2.75, 3.05) is 19.4 Å². The number of thiophene rings is 1. The number of nitro benzene ring substituents is 1. The molecule has 26 heavy (non-hydrogen) atoms. The van der Waals surface area contributed by atoms with E-state index in [0.29, 0.717) is 11.1 Å². The number of nitrogens with zero attached hydrogens (tertiary/aromatic N) is 3. The number of nitriles is 1. The second-order valence-corrected chi connectivity index (χ2v) is 6.59. The van der Waals surface area contributed by atoms with Crippen LogP contribution in [0.1, 0.15) is 33.3 Å². The van der Waals surface area contributed by atoms with Gasteiger partial charge in [0.15, 0.2) is 0 Å². The Hall–Kier alpha value is -2.96. The summed E-state index contributed by atoms with van der Waals surface area (Å²) in [6.07, 6.45) is 0. The number of nitro groups is 1. The van der Waals surface area contributed by atoms with Crippen molar-refractivity contribution < 1.29 is 14.5 Å². The zero-order chi connectivity index (χ0) is 19.3. The maximum Gasteiger partial charge on any atom is 0.348 e. The van der Waals surface area contributed by atoms with Gasteiger partial charge in [0.2, 0.25) is 0 Å². The highest BCUT2D eigenvalue weighted by molar-refractivity contribution is 7.18. The summed E-state index contributed by atoms with van der Waals surface area (Å²) in [5.74, 6) is -0.528. The second-order valence-electron chi connectivity index (χ2n) is 5.54. The van der Waals surface area contributed by atoms with E-state index in [4.69, 9.17) is 10.5 Å². The Morgan fingerprint density at radius 2 is 2.12 bits per heavy atom. The molecule has 0 saturated carbocycles. The highest BCUT2D eigenvalue weighted by atomic mass is 32.1. The fourth-order valence-corrected chi connectivity index (χ4v) is 3.48. The minimum Gasteiger partial charge on any atom is -0.462 e. The van der Waals surface area contributed by atoms with Gasteiger partial charge in [0.25, 0.3) is 5.69 Å². The average Bonchev–Trinajstić information content (AvgIpc) is 2.90. The minimum atomic E-state index is -0.528. The van der Waals surface area contributed by atoms with Gasteiger partial charge in [0.1, 0.15) is 15.9 Å². The molecule has 1 heterocycles. The molecule has 136 valence electrons. The number of hydrogen-bond donors (Lipinski definition) is 1. The molecule has 2 aromatic rings. The quantitative estimate of drug-likeness (QED) is 0.449. The number of carbonyl (C=O) groups excluding carboxylic acids is 1. The molecule has 9 heteroatoms. The Kier molecular flexibility index (Phi) is 6.27. The first-order chi connectivity index (χ1) is 12.4. The number of anilines is 1. The van der Waals surface area contributed by atoms with Crippen molar-refractivity contribution in [1.29, 1.82) is 5.26 Å². The summed E-state index contributed by atoms with van der Waals surface area (Å²) in [7, 11) is 1.75. The third-order valence-electron chi connectivity index (χ3n) is 3.66. The van der Waals surface area contributed by atoms with Crippen molar-refractivity contribution in [3.8, 4) is 6.07 Å². The fourth-order valence-electron chi connectivity index (χ4n) is 2.56. The lowest BCUT2D eigenvalue weighted by Gasteiger charge is -2.17. The van der Waals surface area contributed by atoms with E-state index in [9.17, 15) is 20.2 Å². The Labute approximate surface area is 154 Å². The van der Waals surface area contributed by atoms with Crippen molar-refractivity contribution in [2.24, 2.45) is 0 Å². The molecular weight excluding hydrogens is 356 g/mol. The molecule has 0 aliphatic rings. The second kappa shape index (κ2) is 8.42. The summed E-state index contributed by atoms with van der Waals surface area (Å²) >= 11 is 1.02. The van der Waals surface area contributed by atoms with Gasteiger partial charge in [-0.05, 0) is 14.0 Å². The zero-order valence-electron chi connectivity index (χ0n) is 14.4. The van der Waals surface area contributed by atoms with E-state index in [1.54, 1.807) is 37.1 Å². The van der Waals surface area contributed by atoms with Gasteiger partial charge in [-0.2, -0.15) is 5.26 Å². The number of rotatable bonds is 7. The summed E-state index contributed by atoms with van der Waals surface area (Å²) in [6, 6.07) is 8.47.